The van der Waals surface area contributed by atoms with E-state index in [1.165, 1.54) is 15.0 Å². The van der Waals surface area contributed by atoms with Crippen LogP contribution < -0.4 is 10.1 Å². The minimum absolute atomic E-state index is 0.00366. The van der Waals surface area contributed by atoms with Gasteiger partial charge in [0.25, 0.3) is 0 Å². The molecule has 1 atom stereocenters. The van der Waals surface area contributed by atoms with Crippen LogP contribution in [0.15, 0.2) is 42.7 Å². The lowest BCUT2D eigenvalue weighted by molar-refractivity contribution is 0.383. The first-order valence-electron chi connectivity index (χ1n) is 6.90. The Balaban J connectivity index is 2.08. The summed E-state index contributed by atoms with van der Waals surface area (Å²) < 4.78 is 6.64. The van der Waals surface area contributed by atoms with Gasteiger partial charge in [0, 0.05) is 22.0 Å². The van der Waals surface area contributed by atoms with E-state index in [-0.39, 0.29) is 6.04 Å². The summed E-state index contributed by atoms with van der Waals surface area (Å²) in [6.45, 7) is 2.93. The fraction of sp³-hybridized carbons (Fsp3) is 0.250. The van der Waals surface area contributed by atoms with E-state index in [0.717, 1.165) is 12.2 Å². The van der Waals surface area contributed by atoms with Crippen molar-refractivity contribution in [3.05, 3.63) is 53.3 Å². The molecule has 108 valence electrons. The van der Waals surface area contributed by atoms with E-state index in [4.69, 9.17) is 4.74 Å². The Kier molecular flexibility index (Phi) is 4.13. The van der Waals surface area contributed by atoms with Crippen molar-refractivity contribution in [2.24, 2.45) is 0 Å². The number of hydrogen-bond acceptors (Lipinski definition) is 5. The normalized spacial score (nSPS) is 12.5. The lowest BCUT2D eigenvalue weighted by Gasteiger charge is -2.17. The molecule has 0 fully saturated rings. The summed E-state index contributed by atoms with van der Waals surface area (Å²) in [6.07, 6.45) is 3.35. The molecule has 0 saturated heterocycles. The van der Waals surface area contributed by atoms with Crippen LogP contribution in [0.2, 0.25) is 0 Å². The van der Waals surface area contributed by atoms with Crippen LogP contribution in [0.5, 0.6) is 5.88 Å². The molecule has 5 heteroatoms. The zero-order valence-electron chi connectivity index (χ0n) is 12.0. The maximum Gasteiger partial charge on any atom is 0.237 e. The molecule has 0 amide bonds. The standard InChI is InChI=1S/C16H17N3OS/c1-3-17-14(15-16(20-2)19-9-8-18-15)13-10-11-6-4-5-7-12(11)21-13/h4-10,14,17H,3H2,1-2H3. The van der Waals surface area contributed by atoms with Crippen LogP contribution in [0.25, 0.3) is 10.1 Å². The summed E-state index contributed by atoms with van der Waals surface area (Å²) >= 11 is 1.77. The zero-order valence-corrected chi connectivity index (χ0v) is 12.9. The molecule has 0 bridgehead atoms. The van der Waals surface area contributed by atoms with E-state index in [0.29, 0.717) is 5.88 Å². The van der Waals surface area contributed by atoms with Gasteiger partial charge in [-0.1, -0.05) is 25.1 Å². The molecular weight excluding hydrogens is 282 g/mol. The quantitative estimate of drug-likeness (QED) is 0.784. The Morgan fingerprint density at radius 3 is 2.81 bits per heavy atom. The second kappa shape index (κ2) is 6.20. The molecule has 2 heterocycles. The fourth-order valence-electron chi connectivity index (χ4n) is 2.37. The molecule has 1 N–H and O–H groups in total. The van der Waals surface area contributed by atoms with Gasteiger partial charge in [-0.25, -0.2) is 4.98 Å². The van der Waals surface area contributed by atoms with E-state index < -0.39 is 0 Å². The van der Waals surface area contributed by atoms with Crippen molar-refractivity contribution in [1.82, 2.24) is 15.3 Å². The molecule has 0 saturated carbocycles. The maximum atomic E-state index is 5.36. The van der Waals surface area contributed by atoms with E-state index in [2.05, 4.69) is 52.5 Å². The van der Waals surface area contributed by atoms with E-state index in [1.807, 2.05) is 0 Å². The molecule has 2 aromatic heterocycles. The zero-order chi connectivity index (χ0) is 14.7. The predicted molar refractivity (Wildman–Crippen MR) is 85.9 cm³/mol. The Hall–Kier alpha value is -1.98. The Bertz CT molecular complexity index is 708. The van der Waals surface area contributed by atoms with Crippen LogP contribution in [-0.4, -0.2) is 23.6 Å². The lowest BCUT2D eigenvalue weighted by atomic mass is 10.1. The Morgan fingerprint density at radius 2 is 2.05 bits per heavy atom. The van der Waals surface area contributed by atoms with Gasteiger partial charge in [0.2, 0.25) is 5.88 Å². The van der Waals surface area contributed by atoms with Gasteiger partial charge in [0.15, 0.2) is 0 Å². The smallest absolute Gasteiger partial charge is 0.237 e. The largest absolute Gasteiger partial charge is 0.480 e. The van der Waals surface area contributed by atoms with Gasteiger partial charge < -0.3 is 10.1 Å². The number of thiophene rings is 1. The summed E-state index contributed by atoms with van der Waals surface area (Å²) in [4.78, 5) is 9.95. The molecule has 0 aliphatic rings. The third-order valence-electron chi connectivity index (χ3n) is 3.30. The van der Waals surface area contributed by atoms with Crippen molar-refractivity contribution in [2.45, 2.75) is 13.0 Å². The monoisotopic (exact) mass is 299 g/mol. The summed E-state index contributed by atoms with van der Waals surface area (Å²) in [7, 11) is 1.63. The molecule has 0 radical (unpaired) electrons. The van der Waals surface area contributed by atoms with Crippen LogP contribution in [-0.2, 0) is 0 Å². The molecule has 0 aliphatic heterocycles. The highest BCUT2D eigenvalue weighted by Crippen LogP contribution is 2.34. The molecule has 0 aliphatic carbocycles. The molecule has 1 unspecified atom stereocenters. The highest BCUT2D eigenvalue weighted by atomic mass is 32.1. The van der Waals surface area contributed by atoms with Gasteiger partial charge in [-0.3, -0.25) is 4.98 Å². The minimum Gasteiger partial charge on any atom is -0.480 e. The van der Waals surface area contributed by atoms with Crippen molar-refractivity contribution >= 4 is 21.4 Å². The summed E-state index contributed by atoms with van der Waals surface area (Å²) in [5, 5.41) is 4.73. The first-order chi connectivity index (χ1) is 10.3. The fourth-order valence-corrected chi connectivity index (χ4v) is 3.52. The van der Waals surface area contributed by atoms with Crippen LogP contribution in [0.1, 0.15) is 23.5 Å². The van der Waals surface area contributed by atoms with E-state index >= 15 is 0 Å². The Labute approximate surface area is 127 Å². The summed E-state index contributed by atoms with van der Waals surface area (Å²) in [6, 6.07) is 10.6. The second-order valence-corrected chi connectivity index (χ2v) is 5.74. The second-order valence-electron chi connectivity index (χ2n) is 4.63. The molecule has 21 heavy (non-hydrogen) atoms. The number of benzene rings is 1. The van der Waals surface area contributed by atoms with Crippen LogP contribution >= 0.6 is 11.3 Å². The van der Waals surface area contributed by atoms with E-state index in [9.17, 15) is 0 Å². The number of ether oxygens (including phenoxy) is 1. The van der Waals surface area contributed by atoms with Gasteiger partial charge in [0.05, 0.1) is 13.2 Å². The molecule has 1 aromatic carbocycles. The molecule has 4 nitrogen and oxygen atoms in total. The highest BCUT2D eigenvalue weighted by molar-refractivity contribution is 7.19. The third kappa shape index (κ3) is 2.75. The number of nitrogens with one attached hydrogen (secondary N) is 1. The van der Waals surface area contributed by atoms with Crippen LogP contribution in [0.4, 0.5) is 0 Å². The van der Waals surface area contributed by atoms with Crippen molar-refractivity contribution in [1.29, 1.82) is 0 Å². The number of hydrogen-bond donors (Lipinski definition) is 1. The SMILES string of the molecule is CCNC(c1cc2ccccc2s1)c1nccnc1OC. The third-order valence-corrected chi connectivity index (χ3v) is 4.48. The van der Waals surface area contributed by atoms with E-state index in [1.54, 1.807) is 30.8 Å². The predicted octanol–water partition coefficient (Wildman–Crippen LogP) is 3.40. The number of aromatic nitrogens is 2. The molecule has 0 spiro atoms. The number of fused-ring (bicyclic) bond motifs is 1. The first-order valence-corrected chi connectivity index (χ1v) is 7.72. The number of nitrogens with zero attached hydrogens (tertiary/aromatic N) is 2. The van der Waals surface area contributed by atoms with Crippen molar-refractivity contribution in [2.75, 3.05) is 13.7 Å². The summed E-state index contributed by atoms with van der Waals surface area (Å²) in [5.74, 6) is 0.570. The van der Waals surface area contributed by atoms with Crippen LogP contribution in [0, 0.1) is 0 Å². The lowest BCUT2D eigenvalue weighted by Crippen LogP contribution is -2.23. The number of methoxy groups -OCH3 is 1. The topological polar surface area (TPSA) is 47.0 Å². The first kappa shape index (κ1) is 14.0. The highest BCUT2D eigenvalue weighted by Gasteiger charge is 2.21. The molecule has 3 aromatic rings. The van der Waals surface area contributed by atoms with Crippen molar-refractivity contribution in [3.8, 4) is 5.88 Å². The average molecular weight is 299 g/mol. The van der Waals surface area contributed by atoms with Crippen LogP contribution in [0.3, 0.4) is 0 Å². The van der Waals surface area contributed by atoms with Gasteiger partial charge in [-0.15, -0.1) is 11.3 Å². The van der Waals surface area contributed by atoms with Crippen molar-refractivity contribution in [3.63, 3.8) is 0 Å². The van der Waals surface area contributed by atoms with Gasteiger partial charge >= 0.3 is 0 Å². The molecule has 3 rings (SSSR count). The Morgan fingerprint density at radius 1 is 1.24 bits per heavy atom. The summed E-state index contributed by atoms with van der Waals surface area (Å²) in [5.41, 5.74) is 0.827. The minimum atomic E-state index is -0.00366. The van der Waals surface area contributed by atoms with Gasteiger partial charge in [-0.2, -0.15) is 0 Å². The van der Waals surface area contributed by atoms with Gasteiger partial charge in [-0.05, 0) is 24.1 Å². The maximum absolute atomic E-state index is 5.36. The van der Waals surface area contributed by atoms with Gasteiger partial charge in [0.1, 0.15) is 5.69 Å². The van der Waals surface area contributed by atoms with Crippen molar-refractivity contribution < 1.29 is 4.74 Å². The molecular formula is C16H17N3OS. The number of rotatable bonds is 5. The average Bonchev–Trinajstić information content (AvgIpc) is 2.96.